The average Bonchev–Trinajstić information content (AvgIpc) is 2.56. The van der Waals surface area contributed by atoms with Gasteiger partial charge in [0.05, 0.1) is 0 Å². The summed E-state index contributed by atoms with van der Waals surface area (Å²) in [5.74, 6) is 0.782. The Balaban J connectivity index is 1.49. The van der Waals surface area contributed by atoms with Gasteiger partial charge in [0.15, 0.2) is 0 Å². The number of carbonyl (C=O) groups excluding carboxylic acids is 1. The van der Waals surface area contributed by atoms with E-state index in [0.29, 0.717) is 18.1 Å². The highest BCUT2D eigenvalue weighted by atomic mass is 35.5. The number of ether oxygens (including phenoxy) is 1. The predicted octanol–water partition coefficient (Wildman–Crippen LogP) is 4.42. The molecule has 0 aromatic heterocycles. The number of benzene rings is 2. The van der Waals surface area contributed by atoms with Crippen molar-refractivity contribution < 1.29 is 9.53 Å². The summed E-state index contributed by atoms with van der Waals surface area (Å²) in [5.41, 5.74) is 0.815. The molecule has 0 aliphatic carbocycles. The number of nitrogens with zero attached hydrogens (tertiary/aromatic N) is 1. The van der Waals surface area contributed by atoms with Gasteiger partial charge in [-0.25, -0.2) is 4.79 Å². The van der Waals surface area contributed by atoms with Crippen LogP contribution in [0.4, 0.5) is 10.5 Å². The Morgan fingerprint density at radius 3 is 2.52 bits per heavy atom. The van der Waals surface area contributed by atoms with Gasteiger partial charge >= 0.3 is 6.03 Å². The molecule has 23 heavy (non-hydrogen) atoms. The number of carbonyl (C=O) groups is 1. The number of para-hydroxylation sites is 1. The first-order chi connectivity index (χ1) is 11.2. The second-order valence-corrected chi connectivity index (χ2v) is 5.99. The smallest absolute Gasteiger partial charge is 0.321 e. The molecular formula is C18H19ClN2O2. The van der Waals surface area contributed by atoms with Gasteiger partial charge in [-0.1, -0.05) is 35.9 Å². The number of amides is 2. The number of nitrogens with one attached hydrogen (secondary N) is 1. The Kier molecular flexibility index (Phi) is 5.03. The molecule has 1 aliphatic rings. The molecule has 1 N–H and O–H groups in total. The molecular weight excluding hydrogens is 312 g/mol. The molecule has 0 bridgehead atoms. The highest BCUT2D eigenvalue weighted by Crippen LogP contribution is 2.22. The Morgan fingerprint density at radius 1 is 1.09 bits per heavy atom. The molecule has 1 saturated heterocycles. The van der Waals surface area contributed by atoms with Gasteiger partial charge in [0.2, 0.25) is 0 Å². The first-order valence-corrected chi connectivity index (χ1v) is 8.12. The fourth-order valence-corrected chi connectivity index (χ4v) is 2.81. The van der Waals surface area contributed by atoms with Gasteiger partial charge in [-0.2, -0.15) is 0 Å². The Labute approximate surface area is 141 Å². The summed E-state index contributed by atoms with van der Waals surface area (Å²) >= 11 is 5.96. The van der Waals surface area contributed by atoms with Crippen LogP contribution in [-0.4, -0.2) is 30.1 Å². The van der Waals surface area contributed by atoms with Crippen LogP contribution in [0.3, 0.4) is 0 Å². The van der Waals surface area contributed by atoms with E-state index in [-0.39, 0.29) is 12.1 Å². The van der Waals surface area contributed by atoms with E-state index in [4.69, 9.17) is 16.3 Å². The van der Waals surface area contributed by atoms with Crippen molar-refractivity contribution in [2.45, 2.75) is 18.9 Å². The molecule has 0 radical (unpaired) electrons. The topological polar surface area (TPSA) is 41.6 Å². The van der Waals surface area contributed by atoms with Crippen molar-refractivity contribution in [2.75, 3.05) is 18.4 Å². The zero-order valence-corrected chi connectivity index (χ0v) is 13.5. The number of halogens is 1. The van der Waals surface area contributed by atoms with Gasteiger partial charge in [0.1, 0.15) is 11.9 Å². The average molecular weight is 331 g/mol. The lowest BCUT2D eigenvalue weighted by atomic mass is 10.1. The SMILES string of the molecule is O=C(Nc1ccccc1)N1CCC(Oc2cccc(Cl)c2)CC1. The van der Waals surface area contributed by atoms with E-state index >= 15 is 0 Å². The van der Waals surface area contributed by atoms with Crippen molar-refractivity contribution in [1.29, 1.82) is 0 Å². The van der Waals surface area contributed by atoms with Crippen LogP contribution in [0, 0.1) is 0 Å². The molecule has 2 aromatic rings. The van der Waals surface area contributed by atoms with Crippen molar-refractivity contribution in [3.63, 3.8) is 0 Å². The number of anilines is 1. The molecule has 0 spiro atoms. The minimum atomic E-state index is -0.0580. The molecule has 3 rings (SSSR count). The van der Waals surface area contributed by atoms with E-state index in [1.807, 2.05) is 59.5 Å². The van der Waals surface area contributed by atoms with Crippen LogP contribution < -0.4 is 10.1 Å². The van der Waals surface area contributed by atoms with Crippen molar-refractivity contribution >= 4 is 23.3 Å². The Hall–Kier alpha value is -2.20. The molecule has 4 nitrogen and oxygen atoms in total. The number of urea groups is 1. The van der Waals surface area contributed by atoms with Crippen LogP contribution in [0.5, 0.6) is 5.75 Å². The zero-order valence-electron chi connectivity index (χ0n) is 12.7. The molecule has 1 fully saturated rings. The fraction of sp³-hybridized carbons (Fsp3) is 0.278. The Bertz CT molecular complexity index is 655. The van der Waals surface area contributed by atoms with E-state index in [1.54, 1.807) is 0 Å². The van der Waals surface area contributed by atoms with E-state index in [0.717, 1.165) is 24.3 Å². The highest BCUT2D eigenvalue weighted by Gasteiger charge is 2.24. The molecule has 2 amide bonds. The maximum atomic E-state index is 12.2. The largest absolute Gasteiger partial charge is 0.490 e. The molecule has 1 aliphatic heterocycles. The zero-order chi connectivity index (χ0) is 16.1. The van der Waals surface area contributed by atoms with Crippen LogP contribution in [-0.2, 0) is 0 Å². The first kappa shape index (κ1) is 15.7. The number of hydrogen-bond donors (Lipinski definition) is 1. The van der Waals surface area contributed by atoms with Gasteiger partial charge in [-0.05, 0) is 30.3 Å². The summed E-state index contributed by atoms with van der Waals surface area (Å²) < 4.78 is 5.94. The van der Waals surface area contributed by atoms with Gasteiger partial charge in [-0.15, -0.1) is 0 Å². The maximum Gasteiger partial charge on any atom is 0.321 e. The van der Waals surface area contributed by atoms with Crippen LogP contribution in [0.15, 0.2) is 54.6 Å². The molecule has 2 aromatic carbocycles. The molecule has 1 heterocycles. The third-order valence-electron chi connectivity index (χ3n) is 3.85. The number of hydrogen-bond acceptors (Lipinski definition) is 2. The van der Waals surface area contributed by atoms with Crippen molar-refractivity contribution in [3.8, 4) is 5.75 Å². The van der Waals surface area contributed by atoms with E-state index in [1.165, 1.54) is 0 Å². The molecule has 5 heteroatoms. The maximum absolute atomic E-state index is 12.2. The first-order valence-electron chi connectivity index (χ1n) is 7.74. The molecule has 0 unspecified atom stereocenters. The summed E-state index contributed by atoms with van der Waals surface area (Å²) in [7, 11) is 0. The minimum Gasteiger partial charge on any atom is -0.490 e. The lowest BCUT2D eigenvalue weighted by molar-refractivity contribution is 0.115. The summed E-state index contributed by atoms with van der Waals surface area (Å²) in [6.07, 6.45) is 1.75. The van der Waals surface area contributed by atoms with Crippen molar-refractivity contribution in [3.05, 3.63) is 59.6 Å². The van der Waals surface area contributed by atoms with Gasteiger partial charge in [-0.3, -0.25) is 0 Å². The second kappa shape index (κ2) is 7.38. The molecule has 0 atom stereocenters. The van der Waals surface area contributed by atoms with Crippen molar-refractivity contribution in [2.24, 2.45) is 0 Å². The van der Waals surface area contributed by atoms with E-state index in [2.05, 4.69) is 5.32 Å². The molecule has 120 valence electrons. The number of piperidine rings is 1. The monoisotopic (exact) mass is 330 g/mol. The van der Waals surface area contributed by atoms with Gasteiger partial charge in [0.25, 0.3) is 0 Å². The Morgan fingerprint density at radius 2 is 1.83 bits per heavy atom. The van der Waals surface area contributed by atoms with Crippen LogP contribution in [0.2, 0.25) is 5.02 Å². The fourth-order valence-electron chi connectivity index (χ4n) is 2.63. The lowest BCUT2D eigenvalue weighted by Gasteiger charge is -2.32. The number of rotatable bonds is 3. The quantitative estimate of drug-likeness (QED) is 0.905. The lowest BCUT2D eigenvalue weighted by Crippen LogP contribution is -2.43. The van der Waals surface area contributed by atoms with Crippen LogP contribution in [0.1, 0.15) is 12.8 Å². The standard InChI is InChI=1S/C18H19ClN2O2/c19-14-5-4-8-17(13-14)23-16-9-11-21(12-10-16)18(22)20-15-6-2-1-3-7-15/h1-8,13,16H,9-12H2,(H,20,22). The third kappa shape index (κ3) is 4.39. The minimum absolute atomic E-state index is 0.0580. The van der Waals surface area contributed by atoms with E-state index in [9.17, 15) is 4.79 Å². The highest BCUT2D eigenvalue weighted by molar-refractivity contribution is 6.30. The summed E-state index contributed by atoms with van der Waals surface area (Å²) in [5, 5.41) is 3.58. The molecule has 0 saturated carbocycles. The summed E-state index contributed by atoms with van der Waals surface area (Å²) in [6.45, 7) is 1.37. The predicted molar refractivity (Wildman–Crippen MR) is 92.1 cm³/mol. The second-order valence-electron chi connectivity index (χ2n) is 5.56. The third-order valence-corrected chi connectivity index (χ3v) is 4.09. The van der Waals surface area contributed by atoms with Crippen molar-refractivity contribution in [1.82, 2.24) is 4.90 Å². The van der Waals surface area contributed by atoms with Gasteiger partial charge < -0.3 is 15.0 Å². The normalized spacial score (nSPS) is 15.3. The van der Waals surface area contributed by atoms with E-state index < -0.39 is 0 Å². The number of likely N-dealkylation sites (tertiary alicyclic amines) is 1. The summed E-state index contributed by atoms with van der Waals surface area (Å²) in [6, 6.07) is 16.9. The van der Waals surface area contributed by atoms with Crippen LogP contribution >= 0.6 is 11.6 Å². The summed E-state index contributed by atoms with van der Waals surface area (Å²) in [4.78, 5) is 14.1. The van der Waals surface area contributed by atoms with Crippen LogP contribution in [0.25, 0.3) is 0 Å². The van der Waals surface area contributed by atoms with Gasteiger partial charge in [0, 0.05) is 36.6 Å².